The van der Waals surface area contributed by atoms with E-state index in [9.17, 15) is 19.7 Å². The predicted octanol–water partition coefficient (Wildman–Crippen LogP) is 4.32. The number of nitro groups is 1. The fourth-order valence-electron chi connectivity index (χ4n) is 2.90. The third kappa shape index (κ3) is 4.81. The number of aryl methyl sites for hydroxylation is 2. The number of hydrogen-bond acceptors (Lipinski definition) is 8. The summed E-state index contributed by atoms with van der Waals surface area (Å²) >= 11 is 0. The molecule has 0 fully saturated rings. The summed E-state index contributed by atoms with van der Waals surface area (Å²) in [5.41, 5.74) is 1.44. The van der Waals surface area contributed by atoms with Crippen LogP contribution in [0.4, 0.5) is 10.5 Å². The number of carbonyl (C=O) groups is 2. The third-order valence-corrected chi connectivity index (χ3v) is 4.24. The van der Waals surface area contributed by atoms with Crippen molar-refractivity contribution in [2.75, 3.05) is 14.2 Å². The Morgan fingerprint density at radius 1 is 1.07 bits per heavy atom. The molecule has 0 aliphatic rings. The summed E-state index contributed by atoms with van der Waals surface area (Å²) in [5.74, 6) is 0.696. The number of nitro benzene ring substituents is 1. The normalized spacial score (nSPS) is 11.3. The smallest absolute Gasteiger partial charge is 0.493 e. The molecule has 0 amide bonds. The first-order valence-electron chi connectivity index (χ1n) is 8.57. The SMILES string of the molecule is COc1cc(C(C)OC(=O)Oc2c(C)cc(C=O)cc2C)c([N+](=O)[O-])cc1OC. The van der Waals surface area contributed by atoms with Gasteiger partial charge in [-0.1, -0.05) is 0 Å². The largest absolute Gasteiger partial charge is 0.514 e. The minimum absolute atomic E-state index is 0.120. The number of ether oxygens (including phenoxy) is 4. The van der Waals surface area contributed by atoms with E-state index in [0.29, 0.717) is 23.0 Å². The van der Waals surface area contributed by atoms with Crippen molar-refractivity contribution >= 4 is 18.1 Å². The van der Waals surface area contributed by atoms with Crippen molar-refractivity contribution in [1.82, 2.24) is 0 Å². The molecule has 1 atom stereocenters. The molecule has 2 aromatic carbocycles. The number of methoxy groups -OCH3 is 2. The Kier molecular flexibility index (Phi) is 6.76. The predicted molar refractivity (Wildman–Crippen MR) is 103 cm³/mol. The van der Waals surface area contributed by atoms with E-state index in [-0.39, 0.29) is 28.5 Å². The molecule has 0 saturated heterocycles. The van der Waals surface area contributed by atoms with Gasteiger partial charge in [0, 0.05) is 5.56 Å². The van der Waals surface area contributed by atoms with Crippen LogP contribution in [0.3, 0.4) is 0 Å². The highest BCUT2D eigenvalue weighted by molar-refractivity contribution is 5.77. The van der Waals surface area contributed by atoms with Crippen LogP contribution >= 0.6 is 0 Å². The van der Waals surface area contributed by atoms with Gasteiger partial charge in [0.1, 0.15) is 18.1 Å². The number of hydrogen-bond donors (Lipinski definition) is 0. The summed E-state index contributed by atoms with van der Waals surface area (Å²) in [7, 11) is 2.75. The molecule has 9 nitrogen and oxygen atoms in total. The Balaban J connectivity index is 2.28. The van der Waals surface area contributed by atoms with Crippen LogP contribution in [0.5, 0.6) is 17.2 Å². The van der Waals surface area contributed by atoms with Crippen LogP contribution in [0.1, 0.15) is 40.1 Å². The van der Waals surface area contributed by atoms with Gasteiger partial charge in [-0.05, 0) is 50.1 Å². The van der Waals surface area contributed by atoms with Crippen molar-refractivity contribution in [1.29, 1.82) is 0 Å². The number of aldehydes is 1. The van der Waals surface area contributed by atoms with E-state index < -0.39 is 17.2 Å². The first-order valence-corrected chi connectivity index (χ1v) is 8.57. The minimum Gasteiger partial charge on any atom is -0.493 e. The van der Waals surface area contributed by atoms with Crippen molar-refractivity contribution in [3.8, 4) is 17.2 Å². The van der Waals surface area contributed by atoms with Crippen LogP contribution in [0, 0.1) is 24.0 Å². The Hall–Kier alpha value is -3.62. The zero-order valence-corrected chi connectivity index (χ0v) is 16.7. The molecule has 0 radical (unpaired) electrons. The van der Waals surface area contributed by atoms with Crippen LogP contribution in [-0.4, -0.2) is 31.6 Å². The lowest BCUT2D eigenvalue weighted by Crippen LogP contribution is -2.16. The van der Waals surface area contributed by atoms with Crippen molar-refractivity contribution < 1.29 is 33.5 Å². The molecule has 0 aliphatic heterocycles. The first-order chi connectivity index (χ1) is 13.7. The average Bonchev–Trinajstić information content (AvgIpc) is 2.69. The number of carbonyl (C=O) groups excluding carboxylic acids is 2. The number of benzene rings is 2. The third-order valence-electron chi connectivity index (χ3n) is 4.24. The molecular weight excluding hydrogens is 382 g/mol. The van der Waals surface area contributed by atoms with Crippen molar-refractivity contribution in [2.24, 2.45) is 0 Å². The monoisotopic (exact) mass is 403 g/mol. The lowest BCUT2D eigenvalue weighted by atomic mass is 10.1. The van der Waals surface area contributed by atoms with Crippen molar-refractivity contribution in [3.05, 3.63) is 56.6 Å². The van der Waals surface area contributed by atoms with Gasteiger partial charge in [0.2, 0.25) is 0 Å². The van der Waals surface area contributed by atoms with Crippen LogP contribution in [-0.2, 0) is 4.74 Å². The molecule has 0 N–H and O–H groups in total. The Labute approximate surface area is 167 Å². The van der Waals surface area contributed by atoms with Gasteiger partial charge in [0.25, 0.3) is 5.69 Å². The van der Waals surface area contributed by atoms with E-state index in [1.54, 1.807) is 26.0 Å². The van der Waals surface area contributed by atoms with E-state index in [4.69, 9.17) is 18.9 Å². The van der Waals surface area contributed by atoms with Gasteiger partial charge in [-0.2, -0.15) is 0 Å². The number of rotatable bonds is 7. The highest BCUT2D eigenvalue weighted by atomic mass is 16.7. The highest BCUT2D eigenvalue weighted by Gasteiger charge is 2.26. The molecule has 154 valence electrons. The Morgan fingerprint density at radius 2 is 1.62 bits per heavy atom. The molecule has 29 heavy (non-hydrogen) atoms. The lowest BCUT2D eigenvalue weighted by molar-refractivity contribution is -0.386. The van der Waals surface area contributed by atoms with Crippen molar-refractivity contribution in [2.45, 2.75) is 26.9 Å². The second kappa shape index (κ2) is 9.05. The fourth-order valence-corrected chi connectivity index (χ4v) is 2.90. The molecular formula is C20H21NO8. The van der Waals surface area contributed by atoms with Gasteiger partial charge in [-0.25, -0.2) is 4.79 Å². The van der Waals surface area contributed by atoms with Crippen molar-refractivity contribution in [3.63, 3.8) is 0 Å². The maximum Gasteiger partial charge on any atom is 0.514 e. The highest BCUT2D eigenvalue weighted by Crippen LogP contribution is 2.38. The van der Waals surface area contributed by atoms with E-state index in [1.165, 1.54) is 33.3 Å². The standard InChI is InChI=1S/C20H21NO8/c1-11-6-14(10-22)7-12(2)19(11)29-20(23)28-13(3)15-8-17(26-4)18(27-5)9-16(15)21(24)25/h6-10,13H,1-5H3. The van der Waals surface area contributed by atoms with Gasteiger partial charge in [0.05, 0.1) is 30.8 Å². The van der Waals surface area contributed by atoms with Gasteiger partial charge in [0.15, 0.2) is 11.5 Å². The number of nitrogens with zero attached hydrogens (tertiary/aromatic N) is 1. The minimum atomic E-state index is -1.04. The first kappa shape index (κ1) is 21.7. The fraction of sp³-hybridized carbons (Fsp3) is 0.300. The van der Waals surface area contributed by atoms with E-state index in [2.05, 4.69) is 0 Å². The lowest BCUT2D eigenvalue weighted by Gasteiger charge is -2.17. The molecule has 1 unspecified atom stereocenters. The van der Waals surface area contributed by atoms with Crippen LogP contribution < -0.4 is 14.2 Å². The molecule has 0 aliphatic carbocycles. The molecule has 0 saturated carbocycles. The Bertz CT molecular complexity index is 931. The second-order valence-corrected chi connectivity index (χ2v) is 6.24. The van der Waals surface area contributed by atoms with Crippen LogP contribution in [0.15, 0.2) is 24.3 Å². The zero-order valence-electron chi connectivity index (χ0n) is 16.7. The second-order valence-electron chi connectivity index (χ2n) is 6.24. The van der Waals surface area contributed by atoms with E-state index in [0.717, 1.165) is 0 Å². The maximum atomic E-state index is 12.3. The topological polar surface area (TPSA) is 114 Å². The van der Waals surface area contributed by atoms with Gasteiger partial charge >= 0.3 is 6.16 Å². The van der Waals surface area contributed by atoms with Gasteiger partial charge < -0.3 is 18.9 Å². The van der Waals surface area contributed by atoms with Crippen LogP contribution in [0.25, 0.3) is 0 Å². The Morgan fingerprint density at radius 3 is 2.10 bits per heavy atom. The molecule has 9 heteroatoms. The quantitative estimate of drug-likeness (QED) is 0.221. The molecule has 2 rings (SSSR count). The average molecular weight is 403 g/mol. The summed E-state index contributed by atoms with van der Waals surface area (Å²) in [6, 6.07) is 5.73. The summed E-state index contributed by atoms with van der Waals surface area (Å²) < 4.78 is 20.8. The summed E-state index contributed by atoms with van der Waals surface area (Å²) in [5, 5.41) is 11.4. The molecule has 0 spiro atoms. The zero-order chi connectivity index (χ0) is 21.7. The van der Waals surface area contributed by atoms with Crippen LogP contribution in [0.2, 0.25) is 0 Å². The molecule has 0 aromatic heterocycles. The molecule has 2 aromatic rings. The molecule has 0 heterocycles. The summed E-state index contributed by atoms with van der Waals surface area (Å²) in [4.78, 5) is 34.0. The summed E-state index contributed by atoms with van der Waals surface area (Å²) in [6.45, 7) is 4.85. The molecule has 0 bridgehead atoms. The maximum absolute atomic E-state index is 12.3. The van der Waals surface area contributed by atoms with Gasteiger partial charge in [-0.3, -0.25) is 14.9 Å². The van der Waals surface area contributed by atoms with E-state index in [1.807, 2.05) is 0 Å². The van der Waals surface area contributed by atoms with Gasteiger partial charge in [-0.15, -0.1) is 0 Å². The summed E-state index contributed by atoms with van der Waals surface area (Å²) in [6.07, 6.45) is -1.34. The van der Waals surface area contributed by atoms with E-state index >= 15 is 0 Å².